The van der Waals surface area contributed by atoms with Gasteiger partial charge in [-0.15, -0.1) is 22.7 Å². The number of halogens is 4. The van der Waals surface area contributed by atoms with Crippen LogP contribution < -0.4 is 5.32 Å². The van der Waals surface area contributed by atoms with Crippen LogP contribution in [0.1, 0.15) is 10.4 Å². The average Bonchev–Trinajstić information content (AvgIpc) is 3.05. The van der Waals surface area contributed by atoms with E-state index in [-0.39, 0.29) is 5.56 Å². The molecule has 0 aliphatic rings. The maximum atomic E-state index is 13.8. The van der Waals surface area contributed by atoms with Crippen molar-refractivity contribution in [2.24, 2.45) is 0 Å². The predicted molar refractivity (Wildman–Crippen MR) is 97.5 cm³/mol. The minimum Gasteiger partial charge on any atom is -0.298 e. The fourth-order valence-corrected chi connectivity index (χ4v) is 4.33. The Balaban J connectivity index is 1.81. The first-order valence-corrected chi connectivity index (χ1v) is 9.35. The summed E-state index contributed by atoms with van der Waals surface area (Å²) in [7, 11) is 0. The number of anilines is 1. The molecule has 2 aromatic heterocycles. The third-order valence-corrected chi connectivity index (χ3v) is 5.57. The summed E-state index contributed by atoms with van der Waals surface area (Å²) in [6, 6.07) is 5.94. The van der Waals surface area contributed by atoms with Crippen LogP contribution in [-0.2, 0) is 0 Å². The van der Waals surface area contributed by atoms with Gasteiger partial charge in [0.2, 0.25) is 0 Å². The molecule has 0 spiro atoms. The second-order valence-electron chi connectivity index (χ2n) is 4.35. The van der Waals surface area contributed by atoms with Crippen LogP contribution >= 0.6 is 61.8 Å². The molecule has 3 rings (SSSR count). The van der Waals surface area contributed by atoms with E-state index >= 15 is 0 Å². The molecule has 23 heavy (non-hydrogen) atoms. The van der Waals surface area contributed by atoms with Gasteiger partial charge in [0.05, 0.1) is 15.6 Å². The summed E-state index contributed by atoms with van der Waals surface area (Å²) in [6.45, 7) is 0. The van der Waals surface area contributed by atoms with Crippen molar-refractivity contribution < 1.29 is 9.18 Å². The molecule has 0 saturated carbocycles. The topological polar surface area (TPSA) is 42.0 Å². The maximum Gasteiger partial charge on any atom is 0.260 e. The van der Waals surface area contributed by atoms with E-state index in [9.17, 15) is 9.18 Å². The lowest BCUT2D eigenvalue weighted by Crippen LogP contribution is -2.13. The van der Waals surface area contributed by atoms with Crippen LogP contribution in [0.4, 0.5) is 9.52 Å². The van der Waals surface area contributed by atoms with Gasteiger partial charge >= 0.3 is 0 Å². The summed E-state index contributed by atoms with van der Waals surface area (Å²) in [5.41, 5.74) is 1.25. The highest BCUT2D eigenvalue weighted by atomic mass is 79.9. The van der Waals surface area contributed by atoms with Gasteiger partial charge in [0.25, 0.3) is 5.91 Å². The van der Waals surface area contributed by atoms with E-state index in [0.29, 0.717) is 29.5 Å². The van der Waals surface area contributed by atoms with Crippen LogP contribution in [0, 0.1) is 5.82 Å². The van der Waals surface area contributed by atoms with E-state index in [1.54, 1.807) is 17.5 Å². The quantitative estimate of drug-likeness (QED) is 0.505. The molecule has 9 heteroatoms. The number of hydrogen-bond donors (Lipinski definition) is 1. The first-order valence-electron chi connectivity index (χ1n) is 6.11. The van der Waals surface area contributed by atoms with Crippen molar-refractivity contribution in [1.29, 1.82) is 0 Å². The average molecular weight is 452 g/mol. The molecule has 0 aliphatic heterocycles. The van der Waals surface area contributed by atoms with E-state index in [0.717, 1.165) is 0 Å². The molecule has 0 fully saturated rings. The smallest absolute Gasteiger partial charge is 0.260 e. The number of carbonyl (C=O) groups is 1. The molecule has 0 atom stereocenters. The Kier molecular flexibility index (Phi) is 5.03. The van der Waals surface area contributed by atoms with Gasteiger partial charge in [0.15, 0.2) is 5.13 Å². The van der Waals surface area contributed by atoms with Crippen molar-refractivity contribution in [3.8, 4) is 11.3 Å². The highest BCUT2D eigenvalue weighted by molar-refractivity contribution is 9.10. The van der Waals surface area contributed by atoms with Crippen LogP contribution in [0.2, 0.25) is 8.67 Å². The number of rotatable bonds is 3. The van der Waals surface area contributed by atoms with Crippen molar-refractivity contribution in [3.63, 3.8) is 0 Å². The minimum atomic E-state index is -0.610. The highest BCUT2D eigenvalue weighted by Crippen LogP contribution is 2.39. The van der Waals surface area contributed by atoms with Gasteiger partial charge in [-0.1, -0.05) is 39.1 Å². The molecule has 0 unspecified atom stereocenters. The molecule has 118 valence electrons. The summed E-state index contributed by atoms with van der Waals surface area (Å²) in [5.74, 6) is -1.17. The summed E-state index contributed by atoms with van der Waals surface area (Å²) >= 11 is 17.6. The largest absolute Gasteiger partial charge is 0.298 e. The molecule has 0 saturated heterocycles. The normalized spacial score (nSPS) is 10.8. The Morgan fingerprint density at radius 2 is 2.09 bits per heavy atom. The number of nitrogens with zero attached hydrogens (tertiary/aromatic N) is 1. The molecule has 1 aromatic carbocycles. The Hall–Kier alpha value is -0.990. The Labute approximate surface area is 157 Å². The molecular formula is C14H6BrCl2FN2OS2. The van der Waals surface area contributed by atoms with Gasteiger partial charge in [-0.2, -0.15) is 0 Å². The van der Waals surface area contributed by atoms with Gasteiger partial charge in [-0.3, -0.25) is 10.1 Å². The summed E-state index contributed by atoms with van der Waals surface area (Å²) < 4.78 is 15.4. The second-order valence-corrected chi connectivity index (χ2v) is 8.41. The number of amides is 1. The fourth-order valence-electron chi connectivity index (χ4n) is 1.81. The third-order valence-electron chi connectivity index (χ3n) is 2.83. The van der Waals surface area contributed by atoms with Gasteiger partial charge in [0, 0.05) is 15.4 Å². The molecule has 3 nitrogen and oxygen atoms in total. The molecule has 0 radical (unpaired) electrons. The summed E-state index contributed by atoms with van der Waals surface area (Å²) in [4.78, 5) is 16.4. The van der Waals surface area contributed by atoms with Crippen LogP contribution in [-0.4, -0.2) is 10.9 Å². The van der Waals surface area contributed by atoms with Crippen LogP contribution in [0.5, 0.6) is 0 Å². The molecule has 3 aromatic rings. The number of hydrogen-bond acceptors (Lipinski definition) is 4. The number of thiophene rings is 1. The third kappa shape index (κ3) is 3.75. The zero-order valence-corrected chi connectivity index (χ0v) is 15.8. The lowest BCUT2D eigenvalue weighted by atomic mass is 10.2. The lowest BCUT2D eigenvalue weighted by molar-refractivity contribution is 0.102. The van der Waals surface area contributed by atoms with Crippen molar-refractivity contribution in [3.05, 3.63) is 54.2 Å². The zero-order chi connectivity index (χ0) is 16.6. The second kappa shape index (κ2) is 6.86. The van der Waals surface area contributed by atoms with E-state index in [4.69, 9.17) is 23.2 Å². The zero-order valence-electron chi connectivity index (χ0n) is 11.1. The number of thiazole rings is 1. The van der Waals surface area contributed by atoms with Crippen LogP contribution in [0.15, 0.2) is 34.1 Å². The Morgan fingerprint density at radius 3 is 2.74 bits per heavy atom. The lowest BCUT2D eigenvalue weighted by Gasteiger charge is -2.03. The van der Waals surface area contributed by atoms with E-state index in [1.165, 1.54) is 34.8 Å². The van der Waals surface area contributed by atoms with Crippen molar-refractivity contribution in [1.82, 2.24) is 4.98 Å². The molecule has 2 heterocycles. The van der Waals surface area contributed by atoms with Gasteiger partial charge in [-0.05, 0) is 24.3 Å². The molecular weight excluding hydrogens is 446 g/mol. The van der Waals surface area contributed by atoms with Crippen LogP contribution in [0.3, 0.4) is 0 Å². The van der Waals surface area contributed by atoms with E-state index in [1.807, 2.05) is 0 Å². The van der Waals surface area contributed by atoms with Gasteiger partial charge in [0.1, 0.15) is 10.2 Å². The number of benzene rings is 1. The molecule has 1 amide bonds. The first-order chi connectivity index (χ1) is 10.9. The fraction of sp³-hybridized carbons (Fsp3) is 0. The maximum absolute atomic E-state index is 13.8. The van der Waals surface area contributed by atoms with Gasteiger partial charge in [-0.25, -0.2) is 9.37 Å². The van der Waals surface area contributed by atoms with E-state index in [2.05, 4.69) is 26.2 Å². The standard InChI is InChI=1S/C14H6BrCl2FN2OS2/c15-6-1-2-7(9(18)3-6)13(21)20-14-19-10(5-22-14)8-4-11(16)23-12(8)17/h1-5H,(H,19,20,21). The number of nitrogens with one attached hydrogen (secondary N) is 1. The summed E-state index contributed by atoms with van der Waals surface area (Å²) in [6.07, 6.45) is 0. The SMILES string of the molecule is O=C(Nc1nc(-c2cc(Cl)sc2Cl)cs1)c1ccc(Br)cc1F. The monoisotopic (exact) mass is 450 g/mol. The minimum absolute atomic E-state index is 0.0541. The van der Waals surface area contributed by atoms with E-state index < -0.39 is 11.7 Å². The molecule has 0 bridgehead atoms. The molecule has 1 N–H and O–H groups in total. The summed E-state index contributed by atoms with van der Waals surface area (Å²) in [5, 5.41) is 4.68. The molecule has 0 aliphatic carbocycles. The number of aromatic nitrogens is 1. The highest BCUT2D eigenvalue weighted by Gasteiger charge is 2.16. The number of carbonyl (C=O) groups excluding carboxylic acids is 1. The van der Waals surface area contributed by atoms with Crippen molar-refractivity contribution in [2.75, 3.05) is 5.32 Å². The van der Waals surface area contributed by atoms with Crippen LogP contribution in [0.25, 0.3) is 11.3 Å². The van der Waals surface area contributed by atoms with Crippen molar-refractivity contribution >= 4 is 72.8 Å². The van der Waals surface area contributed by atoms with Crippen molar-refractivity contribution in [2.45, 2.75) is 0 Å². The Bertz CT molecular complexity index is 897. The van der Waals surface area contributed by atoms with Gasteiger partial charge < -0.3 is 0 Å². The Morgan fingerprint density at radius 1 is 1.30 bits per heavy atom. The first kappa shape index (κ1) is 16.9. The predicted octanol–water partition coefficient (Wildman–Crippen LogP) is 6.33.